The first-order chi connectivity index (χ1) is 16.8. The van der Waals surface area contributed by atoms with Crippen molar-refractivity contribution in [3.8, 4) is 0 Å². The molecule has 1 aliphatic heterocycles. The summed E-state index contributed by atoms with van der Waals surface area (Å²) in [5.41, 5.74) is 6.90. The third-order valence-electron chi connectivity index (χ3n) is 6.78. The van der Waals surface area contributed by atoms with E-state index in [9.17, 15) is 19.5 Å². The summed E-state index contributed by atoms with van der Waals surface area (Å²) < 4.78 is 16.9. The first-order valence-electron chi connectivity index (χ1n) is 11.8. The predicted molar refractivity (Wildman–Crippen MR) is 138 cm³/mol. The highest BCUT2D eigenvalue weighted by atomic mass is 35.5. The number of nitrogens with two attached hydrogens (primary N) is 1. The number of carboxylic acid groups (broad SMARTS) is 1. The normalized spacial score (nSPS) is 18.1. The number of benzene rings is 2. The van der Waals surface area contributed by atoms with Crippen LogP contribution in [0.1, 0.15) is 41.2 Å². The van der Waals surface area contributed by atoms with E-state index < -0.39 is 23.3 Å². The number of carboxylic acids is 1. The molecule has 4 N–H and O–H groups in total. The second-order valence-electron chi connectivity index (χ2n) is 9.37. The standard InChI is InChI=1S/C26H27FN4O4.ClH/c27-20-11-18-22(31(17-6-7-17)14-19(24(18)32)26(34)35)12-23(20)30-9-8-16(13-30)29-25(33)21(28)10-15-4-2-1-3-5-15;/h1-5,11-12,14,16-17,21H,6-10,13,28H2,(H,29,33)(H,34,35);1H/t16-,21-;/m0./s1. The van der Waals surface area contributed by atoms with Crippen LogP contribution in [0.2, 0.25) is 0 Å². The lowest BCUT2D eigenvalue weighted by atomic mass is 10.1. The average molecular weight is 515 g/mol. The molecule has 8 nitrogen and oxygen atoms in total. The van der Waals surface area contributed by atoms with Gasteiger partial charge in [0.15, 0.2) is 0 Å². The number of hydrogen-bond acceptors (Lipinski definition) is 5. The number of aromatic carboxylic acids is 1. The number of anilines is 1. The maximum Gasteiger partial charge on any atom is 0.341 e. The molecule has 0 bridgehead atoms. The fraction of sp³-hybridized carbons (Fsp3) is 0.346. The molecule has 36 heavy (non-hydrogen) atoms. The smallest absolute Gasteiger partial charge is 0.341 e. The zero-order valence-electron chi connectivity index (χ0n) is 19.5. The van der Waals surface area contributed by atoms with Gasteiger partial charge in [-0.25, -0.2) is 9.18 Å². The van der Waals surface area contributed by atoms with Crippen LogP contribution in [0.15, 0.2) is 53.5 Å². The molecule has 0 unspecified atom stereocenters. The summed E-state index contributed by atoms with van der Waals surface area (Å²) in [6.07, 6.45) is 4.19. The number of rotatable bonds is 7. The number of carbonyl (C=O) groups excluding carboxylic acids is 1. The van der Waals surface area contributed by atoms with Crippen LogP contribution in [0, 0.1) is 5.82 Å². The van der Waals surface area contributed by atoms with Crippen LogP contribution in [0.4, 0.5) is 10.1 Å². The fourth-order valence-electron chi connectivity index (χ4n) is 4.77. The van der Waals surface area contributed by atoms with Gasteiger partial charge in [-0.15, -0.1) is 12.4 Å². The number of halogens is 2. The number of nitrogens with one attached hydrogen (secondary N) is 1. The zero-order chi connectivity index (χ0) is 24.7. The van der Waals surface area contributed by atoms with Crippen molar-refractivity contribution in [2.24, 2.45) is 5.73 Å². The number of carbonyl (C=O) groups is 2. The number of hydrogen-bond donors (Lipinski definition) is 3. The molecule has 5 rings (SSSR count). The summed E-state index contributed by atoms with van der Waals surface area (Å²) in [4.78, 5) is 38.7. The van der Waals surface area contributed by atoms with E-state index in [0.29, 0.717) is 37.1 Å². The molecule has 1 saturated heterocycles. The molecular weight excluding hydrogens is 487 g/mol. The van der Waals surface area contributed by atoms with Crippen LogP contribution in [0.5, 0.6) is 0 Å². The van der Waals surface area contributed by atoms with E-state index in [1.807, 2.05) is 35.2 Å². The molecule has 2 heterocycles. The number of fused-ring (bicyclic) bond motifs is 1. The van der Waals surface area contributed by atoms with Gasteiger partial charge in [-0.3, -0.25) is 9.59 Å². The lowest BCUT2D eigenvalue weighted by Gasteiger charge is -2.22. The van der Waals surface area contributed by atoms with Crippen molar-refractivity contribution in [1.82, 2.24) is 9.88 Å². The Morgan fingerprint density at radius 1 is 1.17 bits per heavy atom. The highest BCUT2D eigenvalue weighted by Gasteiger charge is 2.30. The molecule has 0 radical (unpaired) electrons. The van der Waals surface area contributed by atoms with Gasteiger partial charge in [0.2, 0.25) is 11.3 Å². The van der Waals surface area contributed by atoms with Gasteiger partial charge in [0.1, 0.15) is 11.4 Å². The van der Waals surface area contributed by atoms with Crippen molar-refractivity contribution < 1.29 is 19.1 Å². The highest BCUT2D eigenvalue weighted by Crippen LogP contribution is 2.38. The van der Waals surface area contributed by atoms with E-state index in [1.54, 1.807) is 10.6 Å². The number of pyridine rings is 1. The van der Waals surface area contributed by atoms with E-state index in [4.69, 9.17) is 5.73 Å². The summed E-state index contributed by atoms with van der Waals surface area (Å²) in [5.74, 6) is -2.16. The van der Waals surface area contributed by atoms with Crippen molar-refractivity contribution in [3.05, 3.63) is 75.8 Å². The lowest BCUT2D eigenvalue weighted by Crippen LogP contribution is -2.47. The zero-order valence-corrected chi connectivity index (χ0v) is 20.3. The van der Waals surface area contributed by atoms with Gasteiger partial charge >= 0.3 is 5.97 Å². The number of aromatic nitrogens is 1. The van der Waals surface area contributed by atoms with E-state index >= 15 is 4.39 Å². The van der Waals surface area contributed by atoms with Gasteiger partial charge in [0.25, 0.3) is 0 Å². The third kappa shape index (κ3) is 5.08. The second-order valence-corrected chi connectivity index (χ2v) is 9.37. The quantitative estimate of drug-likeness (QED) is 0.446. The molecular formula is C26H28ClFN4O4. The molecule has 3 aromatic rings. The Kier molecular flexibility index (Phi) is 7.33. The molecule has 1 saturated carbocycles. The van der Waals surface area contributed by atoms with E-state index in [-0.39, 0.29) is 41.3 Å². The Hall–Kier alpha value is -3.43. The van der Waals surface area contributed by atoms with Crippen LogP contribution in [0.3, 0.4) is 0 Å². The van der Waals surface area contributed by atoms with Crippen LogP contribution < -0.4 is 21.4 Å². The van der Waals surface area contributed by atoms with Crippen LogP contribution in [-0.4, -0.2) is 46.7 Å². The summed E-state index contributed by atoms with van der Waals surface area (Å²) in [6.45, 7) is 0.940. The molecule has 0 spiro atoms. The van der Waals surface area contributed by atoms with Crippen molar-refractivity contribution in [1.29, 1.82) is 0 Å². The minimum atomic E-state index is -1.32. The fourth-order valence-corrected chi connectivity index (χ4v) is 4.77. The van der Waals surface area contributed by atoms with Crippen LogP contribution in [0.25, 0.3) is 10.9 Å². The maximum absolute atomic E-state index is 15.1. The first kappa shape index (κ1) is 25.7. The van der Waals surface area contributed by atoms with Gasteiger partial charge < -0.3 is 25.6 Å². The Bertz CT molecular complexity index is 1360. The summed E-state index contributed by atoms with van der Waals surface area (Å²) in [5, 5.41) is 12.5. The Morgan fingerprint density at radius 3 is 2.56 bits per heavy atom. The molecule has 1 aliphatic carbocycles. The number of amides is 1. The van der Waals surface area contributed by atoms with Crippen molar-refractivity contribution >= 4 is 40.9 Å². The summed E-state index contributed by atoms with van der Waals surface area (Å²) >= 11 is 0. The predicted octanol–water partition coefficient (Wildman–Crippen LogP) is 2.86. The largest absolute Gasteiger partial charge is 0.477 e. The second kappa shape index (κ2) is 10.3. The molecule has 190 valence electrons. The van der Waals surface area contributed by atoms with E-state index in [0.717, 1.165) is 24.5 Å². The summed E-state index contributed by atoms with van der Waals surface area (Å²) in [6, 6.07) is 11.6. The van der Waals surface area contributed by atoms with Crippen LogP contribution >= 0.6 is 12.4 Å². The SMILES string of the molecule is Cl.N[C@@H](Cc1ccccc1)C(=O)N[C@H]1CCN(c2cc3c(cc2F)c(=O)c(C(=O)O)cn3C2CC2)C1. The monoisotopic (exact) mass is 514 g/mol. The van der Waals surface area contributed by atoms with Crippen molar-refractivity contribution in [3.63, 3.8) is 0 Å². The van der Waals surface area contributed by atoms with E-state index in [1.165, 1.54) is 6.20 Å². The molecule has 1 amide bonds. The number of nitrogens with zero attached hydrogens (tertiary/aromatic N) is 2. The molecule has 2 atom stereocenters. The van der Waals surface area contributed by atoms with Gasteiger partial charge in [-0.05, 0) is 43.4 Å². The van der Waals surface area contributed by atoms with Crippen molar-refractivity contribution in [2.75, 3.05) is 18.0 Å². The molecule has 2 fully saturated rings. The minimum absolute atomic E-state index is 0. The topological polar surface area (TPSA) is 118 Å². The molecule has 1 aromatic heterocycles. The first-order valence-corrected chi connectivity index (χ1v) is 11.8. The van der Waals surface area contributed by atoms with E-state index in [2.05, 4.69) is 5.32 Å². The minimum Gasteiger partial charge on any atom is -0.477 e. The highest BCUT2D eigenvalue weighted by molar-refractivity contribution is 5.93. The third-order valence-corrected chi connectivity index (χ3v) is 6.78. The Balaban J connectivity index is 0.00000304. The molecule has 2 aliphatic rings. The van der Waals surface area contributed by atoms with Crippen LogP contribution in [-0.2, 0) is 11.2 Å². The average Bonchev–Trinajstić information content (AvgIpc) is 3.58. The molecule has 2 aromatic carbocycles. The van der Waals surface area contributed by atoms with Gasteiger partial charge in [0, 0.05) is 36.8 Å². The maximum atomic E-state index is 15.1. The van der Waals surface area contributed by atoms with Gasteiger partial charge in [0.05, 0.1) is 17.2 Å². The Labute approximate surface area is 213 Å². The van der Waals surface area contributed by atoms with Crippen molar-refractivity contribution in [2.45, 2.75) is 43.8 Å². The summed E-state index contributed by atoms with van der Waals surface area (Å²) in [7, 11) is 0. The molecule has 10 heteroatoms. The Morgan fingerprint density at radius 2 is 1.89 bits per heavy atom. The van der Waals surface area contributed by atoms with Gasteiger partial charge in [-0.2, -0.15) is 0 Å². The lowest BCUT2D eigenvalue weighted by molar-refractivity contribution is -0.122. The van der Waals surface area contributed by atoms with Gasteiger partial charge in [-0.1, -0.05) is 30.3 Å².